The molecule has 1 atom stereocenters. The highest BCUT2D eigenvalue weighted by Crippen LogP contribution is 2.25. The van der Waals surface area contributed by atoms with Crippen LogP contribution in [0.5, 0.6) is 0 Å². The van der Waals surface area contributed by atoms with E-state index in [1.165, 1.54) is 24.1 Å². The number of rotatable bonds is 11. The maximum atomic E-state index is 14.2. The van der Waals surface area contributed by atoms with Crippen LogP contribution in [0.3, 0.4) is 0 Å². The Morgan fingerprint density at radius 2 is 1.39 bits per heavy atom. The SMILES string of the molecule is CNC(=O)[C@@H](Cc1ccccc1)N(Cc1ccc(Cl)cc1)C(=O)CN(c1ccc(C)cc1)S(=O)(=O)c1ccccc1. The van der Waals surface area contributed by atoms with Crippen LogP contribution in [-0.4, -0.2) is 44.8 Å². The van der Waals surface area contributed by atoms with Crippen molar-refractivity contribution >= 4 is 39.1 Å². The molecule has 212 valence electrons. The second kappa shape index (κ2) is 13.5. The molecule has 0 aliphatic carbocycles. The topological polar surface area (TPSA) is 86.8 Å². The Hall–Kier alpha value is -4.14. The predicted octanol–water partition coefficient (Wildman–Crippen LogP) is 5.23. The monoisotopic (exact) mass is 589 g/mol. The van der Waals surface area contributed by atoms with E-state index in [-0.39, 0.29) is 23.8 Å². The number of hydrogen-bond acceptors (Lipinski definition) is 4. The van der Waals surface area contributed by atoms with Gasteiger partial charge in [0.05, 0.1) is 10.6 Å². The van der Waals surface area contributed by atoms with Crippen molar-refractivity contribution < 1.29 is 18.0 Å². The van der Waals surface area contributed by atoms with Gasteiger partial charge in [-0.05, 0) is 54.4 Å². The van der Waals surface area contributed by atoms with E-state index in [1.807, 2.05) is 37.3 Å². The molecule has 4 aromatic carbocycles. The van der Waals surface area contributed by atoms with Gasteiger partial charge in [0.2, 0.25) is 11.8 Å². The molecular formula is C32H32ClN3O4S. The van der Waals surface area contributed by atoms with Crippen LogP contribution in [0.15, 0.2) is 114 Å². The zero-order valence-electron chi connectivity index (χ0n) is 22.9. The fourth-order valence-electron chi connectivity index (χ4n) is 4.47. The molecule has 0 aliphatic rings. The number of nitrogens with zero attached hydrogens (tertiary/aromatic N) is 2. The minimum Gasteiger partial charge on any atom is -0.357 e. The fraction of sp³-hybridized carbons (Fsp3) is 0.188. The zero-order valence-corrected chi connectivity index (χ0v) is 24.5. The Morgan fingerprint density at radius 1 is 0.805 bits per heavy atom. The van der Waals surface area contributed by atoms with Crippen LogP contribution in [0.25, 0.3) is 0 Å². The van der Waals surface area contributed by atoms with Crippen LogP contribution < -0.4 is 9.62 Å². The summed E-state index contributed by atoms with van der Waals surface area (Å²) in [5, 5.41) is 3.22. The van der Waals surface area contributed by atoms with Crippen molar-refractivity contribution in [2.75, 3.05) is 17.9 Å². The van der Waals surface area contributed by atoms with Gasteiger partial charge in [0.15, 0.2) is 0 Å². The first-order valence-electron chi connectivity index (χ1n) is 13.1. The Bertz CT molecular complexity index is 1560. The first-order chi connectivity index (χ1) is 19.7. The maximum Gasteiger partial charge on any atom is 0.264 e. The highest BCUT2D eigenvalue weighted by molar-refractivity contribution is 7.92. The van der Waals surface area contributed by atoms with Gasteiger partial charge in [0.1, 0.15) is 12.6 Å². The molecule has 7 nitrogen and oxygen atoms in total. The predicted molar refractivity (Wildman–Crippen MR) is 162 cm³/mol. The van der Waals surface area contributed by atoms with E-state index in [1.54, 1.807) is 66.7 Å². The summed E-state index contributed by atoms with van der Waals surface area (Å²) in [6, 6.07) is 30.4. The maximum absolute atomic E-state index is 14.2. The van der Waals surface area contributed by atoms with Gasteiger partial charge in [0.25, 0.3) is 10.0 Å². The zero-order chi connectivity index (χ0) is 29.4. The molecule has 0 bridgehead atoms. The summed E-state index contributed by atoms with van der Waals surface area (Å²) >= 11 is 6.09. The van der Waals surface area contributed by atoms with E-state index < -0.39 is 28.5 Å². The largest absolute Gasteiger partial charge is 0.357 e. The number of carbonyl (C=O) groups excluding carboxylic acids is 2. The Morgan fingerprint density at radius 3 is 1.98 bits per heavy atom. The van der Waals surface area contributed by atoms with Crippen molar-refractivity contribution in [3.63, 3.8) is 0 Å². The van der Waals surface area contributed by atoms with Crippen molar-refractivity contribution in [2.45, 2.75) is 30.8 Å². The highest BCUT2D eigenvalue weighted by Gasteiger charge is 2.34. The molecule has 0 aromatic heterocycles. The lowest BCUT2D eigenvalue weighted by Gasteiger charge is -2.33. The van der Waals surface area contributed by atoms with Gasteiger partial charge in [-0.2, -0.15) is 0 Å². The van der Waals surface area contributed by atoms with Crippen LogP contribution in [0.2, 0.25) is 5.02 Å². The van der Waals surface area contributed by atoms with Crippen molar-refractivity contribution in [3.8, 4) is 0 Å². The molecule has 41 heavy (non-hydrogen) atoms. The van der Waals surface area contributed by atoms with E-state index >= 15 is 0 Å². The molecule has 0 unspecified atom stereocenters. The molecule has 2 amide bonds. The number of nitrogens with one attached hydrogen (secondary N) is 1. The van der Waals surface area contributed by atoms with Gasteiger partial charge in [-0.25, -0.2) is 8.42 Å². The van der Waals surface area contributed by atoms with Crippen LogP contribution >= 0.6 is 11.6 Å². The number of anilines is 1. The molecule has 0 radical (unpaired) electrons. The van der Waals surface area contributed by atoms with Crippen molar-refractivity contribution in [1.29, 1.82) is 0 Å². The Labute approximate surface area is 246 Å². The summed E-state index contributed by atoms with van der Waals surface area (Å²) in [6.45, 7) is 1.47. The molecule has 0 spiro atoms. The lowest BCUT2D eigenvalue weighted by atomic mass is 10.0. The molecular weight excluding hydrogens is 558 g/mol. The molecule has 1 N–H and O–H groups in total. The molecule has 0 saturated heterocycles. The number of halogens is 1. The van der Waals surface area contributed by atoms with E-state index in [4.69, 9.17) is 11.6 Å². The van der Waals surface area contributed by atoms with Crippen LogP contribution in [0.1, 0.15) is 16.7 Å². The number of sulfonamides is 1. The van der Waals surface area contributed by atoms with Crippen molar-refractivity contribution in [3.05, 3.63) is 131 Å². The smallest absolute Gasteiger partial charge is 0.264 e. The Kier molecular flexibility index (Phi) is 9.81. The van der Waals surface area contributed by atoms with Crippen molar-refractivity contribution in [2.24, 2.45) is 0 Å². The third kappa shape index (κ3) is 7.54. The second-order valence-corrected chi connectivity index (χ2v) is 11.9. The number of likely N-dealkylation sites (N-methyl/N-ethyl adjacent to an activating group) is 1. The van der Waals surface area contributed by atoms with E-state index in [2.05, 4.69) is 5.32 Å². The first-order valence-corrected chi connectivity index (χ1v) is 14.9. The van der Waals surface area contributed by atoms with Gasteiger partial charge >= 0.3 is 0 Å². The van der Waals surface area contributed by atoms with E-state index in [0.717, 1.165) is 21.0 Å². The van der Waals surface area contributed by atoms with Gasteiger partial charge in [-0.3, -0.25) is 13.9 Å². The van der Waals surface area contributed by atoms with Crippen molar-refractivity contribution in [1.82, 2.24) is 10.2 Å². The highest BCUT2D eigenvalue weighted by atomic mass is 35.5. The van der Waals surface area contributed by atoms with Gasteiger partial charge in [-0.15, -0.1) is 0 Å². The van der Waals surface area contributed by atoms with Crippen LogP contribution in [0, 0.1) is 6.92 Å². The van der Waals surface area contributed by atoms with Gasteiger partial charge in [-0.1, -0.05) is 90.0 Å². The lowest BCUT2D eigenvalue weighted by molar-refractivity contribution is -0.139. The number of aryl methyl sites for hydroxylation is 1. The summed E-state index contributed by atoms with van der Waals surface area (Å²) in [5.41, 5.74) is 2.91. The second-order valence-electron chi connectivity index (χ2n) is 9.63. The van der Waals surface area contributed by atoms with Crippen LogP contribution in [0.4, 0.5) is 5.69 Å². The average Bonchev–Trinajstić information content (AvgIpc) is 2.99. The molecule has 9 heteroatoms. The summed E-state index contributed by atoms with van der Waals surface area (Å²) in [5.74, 6) is -0.881. The molecule has 0 saturated carbocycles. The number of carbonyl (C=O) groups is 2. The number of amides is 2. The molecule has 0 fully saturated rings. The van der Waals surface area contributed by atoms with E-state index in [0.29, 0.717) is 10.7 Å². The standard InChI is InChI=1S/C32H32ClN3O4S/c1-24-13-19-28(20-14-24)36(41(39,40)29-11-7-4-8-12-29)23-31(37)35(22-26-15-17-27(33)18-16-26)30(32(38)34-2)21-25-9-5-3-6-10-25/h3-20,30H,21-23H2,1-2H3,(H,34,38)/t30-/m1/s1. The van der Waals surface area contributed by atoms with Gasteiger partial charge < -0.3 is 10.2 Å². The quantitative estimate of drug-likeness (QED) is 0.260. The molecule has 4 aromatic rings. The average molecular weight is 590 g/mol. The molecule has 0 heterocycles. The van der Waals surface area contributed by atoms with E-state index in [9.17, 15) is 18.0 Å². The fourth-order valence-corrected chi connectivity index (χ4v) is 6.03. The number of hydrogen-bond donors (Lipinski definition) is 1. The normalized spacial score (nSPS) is 11.9. The Balaban J connectivity index is 1.77. The summed E-state index contributed by atoms with van der Waals surface area (Å²) in [7, 11) is -2.60. The number of benzene rings is 4. The first kappa shape index (κ1) is 29.8. The molecule has 0 aliphatic heterocycles. The van der Waals surface area contributed by atoms with Crippen LogP contribution in [-0.2, 0) is 32.6 Å². The van der Waals surface area contributed by atoms with Gasteiger partial charge in [0, 0.05) is 25.0 Å². The lowest BCUT2D eigenvalue weighted by Crippen LogP contribution is -2.53. The third-order valence-corrected chi connectivity index (χ3v) is 8.76. The minimum atomic E-state index is -4.12. The summed E-state index contributed by atoms with van der Waals surface area (Å²) in [6.07, 6.45) is 0.246. The minimum absolute atomic E-state index is 0.0600. The summed E-state index contributed by atoms with van der Waals surface area (Å²) < 4.78 is 28.9. The summed E-state index contributed by atoms with van der Waals surface area (Å²) in [4.78, 5) is 29.0. The third-order valence-electron chi connectivity index (χ3n) is 6.72. The molecule has 4 rings (SSSR count).